The first-order valence-corrected chi connectivity index (χ1v) is 11.7. The molecule has 0 aliphatic heterocycles. The third-order valence-corrected chi connectivity index (χ3v) is 6.28. The van der Waals surface area contributed by atoms with Crippen molar-refractivity contribution in [2.45, 2.75) is 23.5 Å². The molecule has 2 N–H and O–H groups in total. The van der Waals surface area contributed by atoms with Crippen LogP contribution in [0.5, 0.6) is 5.75 Å². The summed E-state index contributed by atoms with van der Waals surface area (Å²) in [6.07, 6.45) is 3.88. The lowest BCUT2D eigenvalue weighted by atomic mass is 10.2. The molecule has 0 saturated carbocycles. The first-order chi connectivity index (χ1) is 16.0. The standard InChI is InChI=1S/C26H25ClN2O3S/c1-3-24(26(31)29-22-16-19(27)13-14-23(22)32-2)33-21-11-7-10-20(17-21)28-25(30)15-12-18-8-5-4-6-9-18/h4-17,24H,3H2,1-2H3,(H,28,30)(H,29,31)/b15-12+. The van der Waals surface area contributed by atoms with Crippen molar-refractivity contribution in [3.8, 4) is 5.75 Å². The molecule has 1 atom stereocenters. The Hall–Kier alpha value is -3.22. The number of anilines is 2. The van der Waals surface area contributed by atoms with Gasteiger partial charge in [0.05, 0.1) is 18.0 Å². The van der Waals surface area contributed by atoms with Crippen LogP contribution in [0.2, 0.25) is 5.02 Å². The highest BCUT2D eigenvalue weighted by molar-refractivity contribution is 8.00. The Morgan fingerprint density at radius 3 is 2.55 bits per heavy atom. The molecule has 170 valence electrons. The molecular weight excluding hydrogens is 456 g/mol. The Kier molecular flexibility index (Phi) is 8.98. The normalized spacial score (nSPS) is 11.7. The number of rotatable bonds is 9. The average Bonchev–Trinajstić information content (AvgIpc) is 2.82. The number of hydrogen-bond acceptors (Lipinski definition) is 4. The minimum absolute atomic E-state index is 0.150. The number of nitrogens with one attached hydrogen (secondary N) is 2. The largest absolute Gasteiger partial charge is 0.495 e. The number of amides is 2. The molecule has 0 aliphatic rings. The van der Waals surface area contributed by atoms with E-state index in [0.717, 1.165) is 10.5 Å². The van der Waals surface area contributed by atoms with Gasteiger partial charge in [-0.2, -0.15) is 0 Å². The highest BCUT2D eigenvalue weighted by Gasteiger charge is 2.20. The first kappa shape index (κ1) is 24.4. The number of benzene rings is 3. The van der Waals surface area contributed by atoms with Crippen LogP contribution in [0.4, 0.5) is 11.4 Å². The smallest absolute Gasteiger partial charge is 0.248 e. The molecule has 5 nitrogen and oxygen atoms in total. The summed E-state index contributed by atoms with van der Waals surface area (Å²) in [7, 11) is 1.54. The molecular formula is C26H25ClN2O3S. The van der Waals surface area contributed by atoms with Crippen LogP contribution in [0.15, 0.2) is 83.8 Å². The van der Waals surface area contributed by atoms with E-state index in [2.05, 4.69) is 10.6 Å². The summed E-state index contributed by atoms with van der Waals surface area (Å²) < 4.78 is 5.31. The Morgan fingerprint density at radius 1 is 1.03 bits per heavy atom. The van der Waals surface area contributed by atoms with E-state index in [0.29, 0.717) is 28.6 Å². The lowest BCUT2D eigenvalue weighted by molar-refractivity contribution is -0.115. The van der Waals surface area contributed by atoms with Crippen LogP contribution < -0.4 is 15.4 Å². The predicted molar refractivity (Wildman–Crippen MR) is 137 cm³/mol. The molecule has 3 aromatic rings. The molecule has 0 aromatic heterocycles. The third kappa shape index (κ3) is 7.41. The van der Waals surface area contributed by atoms with E-state index in [4.69, 9.17) is 16.3 Å². The summed E-state index contributed by atoms with van der Waals surface area (Å²) in [4.78, 5) is 26.1. The van der Waals surface area contributed by atoms with Gasteiger partial charge in [0.2, 0.25) is 11.8 Å². The fraction of sp³-hybridized carbons (Fsp3) is 0.154. The quantitative estimate of drug-likeness (QED) is 0.270. The summed E-state index contributed by atoms with van der Waals surface area (Å²) in [5, 5.41) is 5.94. The summed E-state index contributed by atoms with van der Waals surface area (Å²) in [5.74, 6) is 0.169. The van der Waals surface area contributed by atoms with Crippen molar-refractivity contribution in [1.82, 2.24) is 0 Å². The summed E-state index contributed by atoms with van der Waals surface area (Å²) in [5.41, 5.74) is 2.14. The zero-order chi connectivity index (χ0) is 23.6. The molecule has 0 spiro atoms. The van der Waals surface area contributed by atoms with E-state index < -0.39 is 0 Å². The second-order valence-electron chi connectivity index (χ2n) is 7.11. The number of hydrogen-bond donors (Lipinski definition) is 2. The van der Waals surface area contributed by atoms with Crippen LogP contribution in [0.3, 0.4) is 0 Å². The average molecular weight is 481 g/mol. The van der Waals surface area contributed by atoms with Crippen molar-refractivity contribution >= 4 is 52.6 Å². The van der Waals surface area contributed by atoms with E-state index in [1.54, 1.807) is 31.4 Å². The van der Waals surface area contributed by atoms with Gasteiger partial charge in [-0.05, 0) is 54.5 Å². The molecule has 0 saturated heterocycles. The maximum atomic E-state index is 12.9. The Labute approximate surface area is 203 Å². The van der Waals surface area contributed by atoms with Crippen molar-refractivity contribution in [3.05, 3.63) is 89.5 Å². The molecule has 7 heteroatoms. The summed E-state index contributed by atoms with van der Waals surface area (Å²) in [6.45, 7) is 1.95. The van der Waals surface area contributed by atoms with Crippen LogP contribution in [-0.2, 0) is 9.59 Å². The third-order valence-electron chi connectivity index (χ3n) is 4.69. The molecule has 0 aliphatic carbocycles. The molecule has 0 fully saturated rings. The predicted octanol–water partition coefficient (Wildman–Crippen LogP) is 6.51. The van der Waals surface area contributed by atoms with Crippen LogP contribution in [0.25, 0.3) is 6.08 Å². The van der Waals surface area contributed by atoms with E-state index in [1.807, 2.05) is 61.5 Å². The van der Waals surface area contributed by atoms with Crippen molar-refractivity contribution < 1.29 is 14.3 Å². The number of ether oxygens (including phenoxy) is 1. The van der Waals surface area contributed by atoms with Crippen molar-refractivity contribution in [3.63, 3.8) is 0 Å². The van der Waals surface area contributed by atoms with E-state index >= 15 is 0 Å². The van der Waals surface area contributed by atoms with Crippen molar-refractivity contribution in [2.75, 3.05) is 17.7 Å². The molecule has 0 radical (unpaired) electrons. The van der Waals surface area contributed by atoms with Gasteiger partial charge in [0.1, 0.15) is 5.75 Å². The second kappa shape index (κ2) is 12.1. The summed E-state index contributed by atoms with van der Waals surface area (Å²) >= 11 is 7.50. The highest BCUT2D eigenvalue weighted by atomic mass is 35.5. The molecule has 0 heterocycles. The van der Waals surface area contributed by atoms with Gasteiger partial charge in [-0.1, -0.05) is 54.9 Å². The number of halogens is 1. The number of methoxy groups -OCH3 is 1. The van der Waals surface area contributed by atoms with E-state index in [9.17, 15) is 9.59 Å². The Balaban J connectivity index is 1.64. The monoisotopic (exact) mass is 480 g/mol. The lowest BCUT2D eigenvalue weighted by Gasteiger charge is -2.17. The topological polar surface area (TPSA) is 67.4 Å². The molecule has 3 aromatic carbocycles. The van der Waals surface area contributed by atoms with Gasteiger partial charge in [-0.3, -0.25) is 9.59 Å². The van der Waals surface area contributed by atoms with Gasteiger partial charge in [-0.25, -0.2) is 0 Å². The fourth-order valence-electron chi connectivity index (χ4n) is 3.04. The van der Waals surface area contributed by atoms with Crippen LogP contribution in [0.1, 0.15) is 18.9 Å². The zero-order valence-corrected chi connectivity index (χ0v) is 20.0. The maximum absolute atomic E-state index is 12.9. The van der Waals surface area contributed by atoms with Crippen molar-refractivity contribution in [1.29, 1.82) is 0 Å². The van der Waals surface area contributed by atoms with Crippen molar-refractivity contribution in [2.24, 2.45) is 0 Å². The Morgan fingerprint density at radius 2 is 1.82 bits per heavy atom. The second-order valence-corrected chi connectivity index (χ2v) is 8.82. The van der Waals surface area contributed by atoms with Gasteiger partial charge in [0, 0.05) is 21.7 Å². The molecule has 2 amide bonds. The molecule has 3 rings (SSSR count). The molecule has 0 bridgehead atoms. The van der Waals surface area contributed by atoms with Gasteiger partial charge in [0.15, 0.2) is 0 Å². The molecule has 1 unspecified atom stereocenters. The van der Waals surface area contributed by atoms with E-state index in [1.165, 1.54) is 17.8 Å². The van der Waals surface area contributed by atoms with Crippen LogP contribution >= 0.6 is 23.4 Å². The van der Waals surface area contributed by atoms with Gasteiger partial charge >= 0.3 is 0 Å². The van der Waals surface area contributed by atoms with Crippen LogP contribution in [0, 0.1) is 0 Å². The zero-order valence-electron chi connectivity index (χ0n) is 18.4. The number of carbonyl (C=O) groups excluding carboxylic acids is 2. The van der Waals surface area contributed by atoms with Gasteiger partial charge in [-0.15, -0.1) is 11.8 Å². The van der Waals surface area contributed by atoms with E-state index in [-0.39, 0.29) is 17.1 Å². The van der Waals surface area contributed by atoms with Gasteiger partial charge < -0.3 is 15.4 Å². The molecule has 33 heavy (non-hydrogen) atoms. The lowest BCUT2D eigenvalue weighted by Crippen LogP contribution is -2.24. The SMILES string of the molecule is CCC(Sc1cccc(NC(=O)/C=C/c2ccccc2)c1)C(=O)Nc1cc(Cl)ccc1OC. The minimum Gasteiger partial charge on any atom is -0.495 e. The van der Waals surface area contributed by atoms with Gasteiger partial charge in [0.25, 0.3) is 0 Å². The minimum atomic E-state index is -0.336. The maximum Gasteiger partial charge on any atom is 0.248 e. The highest BCUT2D eigenvalue weighted by Crippen LogP contribution is 2.31. The number of thioether (sulfide) groups is 1. The number of carbonyl (C=O) groups is 2. The fourth-order valence-corrected chi connectivity index (χ4v) is 4.23. The van der Waals surface area contributed by atoms with Crippen LogP contribution in [-0.4, -0.2) is 24.2 Å². The first-order valence-electron chi connectivity index (χ1n) is 10.4. The summed E-state index contributed by atoms with van der Waals surface area (Å²) in [6, 6.07) is 22.1. The Bertz CT molecular complexity index is 1140.